The van der Waals surface area contributed by atoms with Crippen molar-refractivity contribution in [2.45, 2.75) is 38.4 Å². The molecule has 0 aliphatic carbocycles. The number of aromatic nitrogens is 1. The number of nitrogens with zero attached hydrogens (tertiary/aromatic N) is 2. The standard InChI is InChI=1S/C14H23N3O2S/c1-3-12(15)14(13-6-4-5-7-16-13)17-8-9-20(18,19)10-11(17)2/h4-7,11-12,14H,3,8-10,15H2,1-2H3. The van der Waals surface area contributed by atoms with Crippen LogP contribution >= 0.6 is 0 Å². The number of hydrogen-bond donors (Lipinski definition) is 1. The molecule has 2 rings (SSSR count). The maximum absolute atomic E-state index is 11.7. The molecule has 1 fully saturated rings. The van der Waals surface area contributed by atoms with Crippen LogP contribution in [0.1, 0.15) is 32.0 Å². The van der Waals surface area contributed by atoms with Crippen LogP contribution in [0.3, 0.4) is 0 Å². The molecule has 0 spiro atoms. The summed E-state index contributed by atoms with van der Waals surface area (Å²) in [6.45, 7) is 4.53. The van der Waals surface area contributed by atoms with E-state index in [-0.39, 0.29) is 29.6 Å². The highest BCUT2D eigenvalue weighted by Crippen LogP contribution is 2.28. The van der Waals surface area contributed by atoms with Crippen molar-refractivity contribution >= 4 is 9.84 Å². The summed E-state index contributed by atoms with van der Waals surface area (Å²) in [5.41, 5.74) is 7.20. The Morgan fingerprint density at radius 1 is 1.50 bits per heavy atom. The van der Waals surface area contributed by atoms with Crippen LogP contribution in [0.5, 0.6) is 0 Å². The van der Waals surface area contributed by atoms with E-state index in [0.717, 1.165) is 12.1 Å². The summed E-state index contributed by atoms with van der Waals surface area (Å²) in [6.07, 6.45) is 2.59. The molecule has 1 aromatic heterocycles. The normalized spacial score (nSPS) is 26.1. The topological polar surface area (TPSA) is 76.3 Å². The molecule has 3 atom stereocenters. The van der Waals surface area contributed by atoms with E-state index in [2.05, 4.69) is 9.88 Å². The monoisotopic (exact) mass is 297 g/mol. The van der Waals surface area contributed by atoms with E-state index in [1.54, 1.807) is 6.20 Å². The van der Waals surface area contributed by atoms with Crippen molar-refractivity contribution in [3.05, 3.63) is 30.1 Å². The van der Waals surface area contributed by atoms with Crippen LogP contribution in [0.2, 0.25) is 0 Å². The van der Waals surface area contributed by atoms with Gasteiger partial charge < -0.3 is 5.73 Å². The fourth-order valence-corrected chi connectivity index (χ4v) is 4.42. The number of hydrogen-bond acceptors (Lipinski definition) is 5. The molecular formula is C14H23N3O2S. The summed E-state index contributed by atoms with van der Waals surface area (Å²) in [7, 11) is -2.92. The zero-order valence-electron chi connectivity index (χ0n) is 12.1. The minimum absolute atomic E-state index is 0.0216. The van der Waals surface area contributed by atoms with Gasteiger partial charge in [-0.3, -0.25) is 9.88 Å². The van der Waals surface area contributed by atoms with Crippen LogP contribution in [0.4, 0.5) is 0 Å². The molecule has 0 amide bonds. The lowest BCUT2D eigenvalue weighted by molar-refractivity contribution is 0.131. The first-order valence-corrected chi connectivity index (χ1v) is 8.89. The lowest BCUT2D eigenvalue weighted by Crippen LogP contribution is -2.52. The van der Waals surface area contributed by atoms with Gasteiger partial charge in [0.25, 0.3) is 0 Å². The molecule has 20 heavy (non-hydrogen) atoms. The molecule has 0 saturated carbocycles. The van der Waals surface area contributed by atoms with Crippen molar-refractivity contribution in [3.63, 3.8) is 0 Å². The van der Waals surface area contributed by atoms with E-state index in [0.29, 0.717) is 6.54 Å². The van der Waals surface area contributed by atoms with Crippen LogP contribution in [0, 0.1) is 0 Å². The Morgan fingerprint density at radius 2 is 2.25 bits per heavy atom. The van der Waals surface area contributed by atoms with Gasteiger partial charge in [-0.1, -0.05) is 13.0 Å². The van der Waals surface area contributed by atoms with Crippen molar-refractivity contribution in [2.75, 3.05) is 18.1 Å². The highest BCUT2D eigenvalue weighted by Gasteiger charge is 2.36. The molecule has 2 N–H and O–H groups in total. The van der Waals surface area contributed by atoms with Crippen LogP contribution in [-0.4, -0.2) is 48.4 Å². The van der Waals surface area contributed by atoms with Gasteiger partial charge in [0.15, 0.2) is 9.84 Å². The van der Waals surface area contributed by atoms with Gasteiger partial charge in [-0.15, -0.1) is 0 Å². The average molecular weight is 297 g/mol. The number of nitrogens with two attached hydrogens (primary N) is 1. The van der Waals surface area contributed by atoms with Crippen molar-refractivity contribution in [1.29, 1.82) is 0 Å². The minimum atomic E-state index is -2.92. The fourth-order valence-electron chi connectivity index (χ4n) is 2.83. The zero-order valence-corrected chi connectivity index (χ0v) is 12.9. The molecule has 1 aliphatic heterocycles. The third-order valence-corrected chi connectivity index (χ3v) is 5.74. The van der Waals surface area contributed by atoms with E-state index >= 15 is 0 Å². The Kier molecular flexibility index (Phi) is 4.78. The maximum Gasteiger partial charge on any atom is 0.153 e. The van der Waals surface area contributed by atoms with Crippen LogP contribution in [0.25, 0.3) is 0 Å². The molecular weight excluding hydrogens is 274 g/mol. The van der Waals surface area contributed by atoms with E-state index in [1.807, 2.05) is 32.0 Å². The summed E-state index contributed by atoms with van der Waals surface area (Å²) < 4.78 is 23.5. The quantitative estimate of drug-likeness (QED) is 0.896. The van der Waals surface area contributed by atoms with Crippen molar-refractivity contribution in [2.24, 2.45) is 5.73 Å². The second-order valence-electron chi connectivity index (χ2n) is 5.47. The molecule has 1 saturated heterocycles. The van der Waals surface area contributed by atoms with E-state index in [4.69, 9.17) is 5.73 Å². The van der Waals surface area contributed by atoms with Gasteiger partial charge in [-0.2, -0.15) is 0 Å². The van der Waals surface area contributed by atoms with Gasteiger partial charge in [0.1, 0.15) is 0 Å². The van der Waals surface area contributed by atoms with Crippen LogP contribution in [0.15, 0.2) is 24.4 Å². The first-order valence-electron chi connectivity index (χ1n) is 7.07. The van der Waals surface area contributed by atoms with Gasteiger partial charge in [0.05, 0.1) is 23.2 Å². The van der Waals surface area contributed by atoms with Crippen LogP contribution < -0.4 is 5.73 Å². The van der Waals surface area contributed by atoms with Crippen LogP contribution in [-0.2, 0) is 9.84 Å². The fraction of sp³-hybridized carbons (Fsp3) is 0.643. The second-order valence-corrected chi connectivity index (χ2v) is 7.70. The molecule has 3 unspecified atom stereocenters. The Bertz CT molecular complexity index is 533. The van der Waals surface area contributed by atoms with Gasteiger partial charge in [0, 0.05) is 24.8 Å². The molecule has 0 bridgehead atoms. The highest BCUT2D eigenvalue weighted by molar-refractivity contribution is 7.91. The van der Waals surface area contributed by atoms with Gasteiger partial charge in [-0.25, -0.2) is 8.42 Å². The predicted octanol–water partition coefficient (Wildman–Crippen LogP) is 0.979. The zero-order chi connectivity index (χ0) is 14.8. The predicted molar refractivity (Wildman–Crippen MR) is 80.1 cm³/mol. The highest BCUT2D eigenvalue weighted by atomic mass is 32.2. The molecule has 112 valence electrons. The minimum Gasteiger partial charge on any atom is -0.326 e. The summed E-state index contributed by atoms with van der Waals surface area (Å²) in [4.78, 5) is 6.61. The molecule has 0 radical (unpaired) electrons. The first kappa shape index (κ1) is 15.4. The second kappa shape index (κ2) is 6.20. The SMILES string of the molecule is CCC(N)C(c1ccccn1)N1CCS(=O)(=O)CC1C. The Labute approximate surface area is 121 Å². The summed E-state index contributed by atoms with van der Waals surface area (Å²) in [5, 5.41) is 0. The molecule has 5 nitrogen and oxygen atoms in total. The lowest BCUT2D eigenvalue weighted by atomic mass is 9.99. The van der Waals surface area contributed by atoms with Crippen molar-refractivity contribution < 1.29 is 8.42 Å². The molecule has 0 aromatic carbocycles. The van der Waals surface area contributed by atoms with Gasteiger partial charge in [0.2, 0.25) is 0 Å². The van der Waals surface area contributed by atoms with Gasteiger partial charge >= 0.3 is 0 Å². The summed E-state index contributed by atoms with van der Waals surface area (Å²) in [5.74, 6) is 0.407. The van der Waals surface area contributed by atoms with E-state index in [9.17, 15) is 8.42 Å². The summed E-state index contributed by atoms with van der Waals surface area (Å²) in [6, 6.07) is 5.69. The molecule has 1 aliphatic rings. The lowest BCUT2D eigenvalue weighted by Gasteiger charge is -2.41. The largest absolute Gasteiger partial charge is 0.326 e. The maximum atomic E-state index is 11.7. The number of sulfone groups is 1. The Balaban J connectivity index is 2.29. The first-order chi connectivity index (χ1) is 9.44. The number of pyridine rings is 1. The van der Waals surface area contributed by atoms with E-state index < -0.39 is 9.84 Å². The third-order valence-electron chi connectivity index (χ3n) is 3.95. The van der Waals surface area contributed by atoms with Crippen molar-refractivity contribution in [1.82, 2.24) is 9.88 Å². The average Bonchev–Trinajstić information content (AvgIpc) is 2.42. The molecule has 2 heterocycles. The smallest absolute Gasteiger partial charge is 0.153 e. The third kappa shape index (κ3) is 3.37. The summed E-state index contributed by atoms with van der Waals surface area (Å²) >= 11 is 0. The Hall–Kier alpha value is -0.980. The molecule has 6 heteroatoms. The Morgan fingerprint density at radius 3 is 2.80 bits per heavy atom. The van der Waals surface area contributed by atoms with Crippen molar-refractivity contribution in [3.8, 4) is 0 Å². The number of rotatable bonds is 4. The van der Waals surface area contributed by atoms with Gasteiger partial charge in [-0.05, 0) is 25.5 Å². The molecule has 1 aromatic rings. The van der Waals surface area contributed by atoms with E-state index in [1.165, 1.54) is 0 Å².